The normalized spacial score (nSPS) is 10.5. The van der Waals surface area contributed by atoms with E-state index in [-0.39, 0.29) is 6.61 Å². The van der Waals surface area contributed by atoms with Gasteiger partial charge in [-0.05, 0) is 30.5 Å². The van der Waals surface area contributed by atoms with Gasteiger partial charge in [0.05, 0.1) is 24.8 Å². The topological polar surface area (TPSA) is 61.8 Å². The summed E-state index contributed by atoms with van der Waals surface area (Å²) in [5, 5.41) is 0. The van der Waals surface area contributed by atoms with E-state index in [4.69, 9.17) is 9.47 Å². The lowest BCUT2D eigenvalue weighted by atomic mass is 10.1. The molecule has 0 radical (unpaired) electrons. The van der Waals surface area contributed by atoms with Crippen LogP contribution in [0.15, 0.2) is 24.3 Å². The molecular formula is C16H22O5. The molecule has 0 saturated heterocycles. The molecule has 5 nitrogen and oxygen atoms in total. The summed E-state index contributed by atoms with van der Waals surface area (Å²) < 4.78 is 15.1. The molecule has 1 rings (SSSR count). The van der Waals surface area contributed by atoms with Gasteiger partial charge in [-0.3, -0.25) is 0 Å². The molecule has 0 fully saturated rings. The predicted octanol–water partition coefficient (Wildman–Crippen LogP) is 2.69. The van der Waals surface area contributed by atoms with E-state index in [2.05, 4.69) is 18.6 Å². The Morgan fingerprint density at radius 1 is 1.05 bits per heavy atom. The number of benzene rings is 1. The molecule has 0 heterocycles. The van der Waals surface area contributed by atoms with Crippen molar-refractivity contribution in [1.29, 1.82) is 0 Å². The van der Waals surface area contributed by atoms with E-state index in [1.807, 2.05) is 0 Å². The van der Waals surface area contributed by atoms with Crippen LogP contribution in [0.2, 0.25) is 0 Å². The van der Waals surface area contributed by atoms with Crippen molar-refractivity contribution in [3.8, 4) is 0 Å². The Morgan fingerprint density at radius 3 is 2.33 bits per heavy atom. The largest absolute Gasteiger partial charge is 0.465 e. The fourth-order valence-corrected chi connectivity index (χ4v) is 1.59. The average Bonchev–Trinajstić information content (AvgIpc) is 2.49. The average molecular weight is 294 g/mol. The second-order valence-electron chi connectivity index (χ2n) is 5.00. The zero-order valence-electron chi connectivity index (χ0n) is 12.8. The van der Waals surface area contributed by atoms with Gasteiger partial charge in [0.15, 0.2) is 0 Å². The van der Waals surface area contributed by atoms with Gasteiger partial charge in [0.2, 0.25) is 0 Å². The first-order chi connectivity index (χ1) is 10.0. The van der Waals surface area contributed by atoms with Crippen LogP contribution >= 0.6 is 0 Å². The molecule has 5 heteroatoms. The summed E-state index contributed by atoms with van der Waals surface area (Å²) >= 11 is 0. The maximum Gasteiger partial charge on any atom is 0.338 e. The van der Waals surface area contributed by atoms with Gasteiger partial charge in [0.1, 0.15) is 6.61 Å². The summed E-state index contributed by atoms with van der Waals surface area (Å²) in [6.45, 7) is 5.47. The van der Waals surface area contributed by atoms with Crippen molar-refractivity contribution in [2.75, 3.05) is 26.9 Å². The molecule has 0 amide bonds. The molecule has 1 aromatic carbocycles. The van der Waals surface area contributed by atoms with Crippen LogP contribution in [0.4, 0.5) is 0 Å². The summed E-state index contributed by atoms with van der Waals surface area (Å²) in [5.41, 5.74) is 0.639. The summed E-state index contributed by atoms with van der Waals surface area (Å²) in [4.78, 5) is 23.2. The number of methoxy groups -OCH3 is 1. The second-order valence-corrected chi connectivity index (χ2v) is 5.00. The lowest BCUT2D eigenvalue weighted by Crippen LogP contribution is -2.12. The molecule has 0 aliphatic heterocycles. The standard InChI is InChI=1S/C16H22O5/c1-12(2)7-8-20-9-10-21-16(18)14-6-4-5-13(11-14)15(17)19-3/h4-6,11-12H,7-10H2,1-3H3. The lowest BCUT2D eigenvalue weighted by Gasteiger charge is -2.08. The lowest BCUT2D eigenvalue weighted by molar-refractivity contribution is 0.0303. The van der Waals surface area contributed by atoms with Gasteiger partial charge in [-0.1, -0.05) is 19.9 Å². The molecule has 116 valence electrons. The highest BCUT2D eigenvalue weighted by Gasteiger charge is 2.11. The smallest absolute Gasteiger partial charge is 0.338 e. The monoisotopic (exact) mass is 294 g/mol. The third-order valence-corrected chi connectivity index (χ3v) is 2.82. The van der Waals surface area contributed by atoms with Crippen molar-refractivity contribution < 1.29 is 23.8 Å². The maximum absolute atomic E-state index is 11.8. The number of rotatable bonds is 8. The summed E-state index contributed by atoms with van der Waals surface area (Å²) in [5.74, 6) is -0.372. The van der Waals surface area contributed by atoms with Crippen molar-refractivity contribution in [3.05, 3.63) is 35.4 Å². The number of hydrogen-bond donors (Lipinski definition) is 0. The van der Waals surface area contributed by atoms with E-state index in [0.29, 0.717) is 30.3 Å². The van der Waals surface area contributed by atoms with Crippen LogP contribution in [0.3, 0.4) is 0 Å². The Morgan fingerprint density at radius 2 is 1.71 bits per heavy atom. The summed E-state index contributed by atoms with van der Waals surface area (Å²) in [6.07, 6.45) is 0.981. The molecular weight excluding hydrogens is 272 g/mol. The Kier molecular flexibility index (Phi) is 7.46. The Hall–Kier alpha value is -1.88. The molecule has 0 unspecified atom stereocenters. The maximum atomic E-state index is 11.8. The molecule has 0 N–H and O–H groups in total. The van der Waals surface area contributed by atoms with E-state index >= 15 is 0 Å². The van der Waals surface area contributed by atoms with E-state index in [9.17, 15) is 9.59 Å². The number of hydrogen-bond acceptors (Lipinski definition) is 5. The second kappa shape index (κ2) is 9.13. The minimum atomic E-state index is -0.485. The predicted molar refractivity (Wildman–Crippen MR) is 78.3 cm³/mol. The molecule has 0 aliphatic rings. The van der Waals surface area contributed by atoms with Gasteiger partial charge in [-0.15, -0.1) is 0 Å². The molecule has 0 bridgehead atoms. The van der Waals surface area contributed by atoms with Crippen LogP contribution in [0.1, 0.15) is 41.0 Å². The quantitative estimate of drug-likeness (QED) is 0.545. The van der Waals surface area contributed by atoms with Crippen molar-refractivity contribution in [3.63, 3.8) is 0 Å². The SMILES string of the molecule is COC(=O)c1cccc(C(=O)OCCOCCC(C)C)c1. The number of esters is 2. The van der Waals surface area contributed by atoms with E-state index in [0.717, 1.165) is 6.42 Å². The number of carbonyl (C=O) groups excluding carboxylic acids is 2. The van der Waals surface area contributed by atoms with Crippen LogP contribution in [0, 0.1) is 5.92 Å². The molecule has 21 heavy (non-hydrogen) atoms. The first kappa shape index (κ1) is 17.2. The highest BCUT2D eigenvalue weighted by molar-refractivity contribution is 5.95. The fourth-order valence-electron chi connectivity index (χ4n) is 1.59. The number of ether oxygens (including phenoxy) is 3. The van der Waals surface area contributed by atoms with Crippen LogP contribution in [0.25, 0.3) is 0 Å². The van der Waals surface area contributed by atoms with Crippen molar-refractivity contribution >= 4 is 11.9 Å². The van der Waals surface area contributed by atoms with Gasteiger partial charge in [0, 0.05) is 6.61 Å². The zero-order valence-corrected chi connectivity index (χ0v) is 12.8. The minimum absolute atomic E-state index is 0.194. The van der Waals surface area contributed by atoms with Crippen molar-refractivity contribution in [2.24, 2.45) is 5.92 Å². The van der Waals surface area contributed by atoms with Gasteiger partial charge >= 0.3 is 11.9 Å². The van der Waals surface area contributed by atoms with E-state index in [1.54, 1.807) is 18.2 Å². The Bertz CT molecular complexity index is 467. The van der Waals surface area contributed by atoms with Crippen molar-refractivity contribution in [2.45, 2.75) is 20.3 Å². The minimum Gasteiger partial charge on any atom is -0.465 e. The molecule has 0 spiro atoms. The van der Waals surface area contributed by atoms with Crippen LogP contribution < -0.4 is 0 Å². The molecule has 0 saturated carbocycles. The summed E-state index contributed by atoms with van der Waals surface area (Å²) in [7, 11) is 1.29. The third kappa shape index (κ3) is 6.40. The molecule has 0 atom stereocenters. The van der Waals surface area contributed by atoms with E-state index < -0.39 is 11.9 Å². The Balaban J connectivity index is 2.37. The van der Waals surface area contributed by atoms with Crippen LogP contribution in [0.5, 0.6) is 0 Å². The first-order valence-electron chi connectivity index (χ1n) is 6.98. The van der Waals surface area contributed by atoms with E-state index in [1.165, 1.54) is 13.2 Å². The number of carbonyl (C=O) groups is 2. The summed E-state index contributed by atoms with van der Waals surface area (Å²) in [6, 6.07) is 6.24. The molecule has 1 aromatic rings. The highest BCUT2D eigenvalue weighted by Crippen LogP contribution is 2.08. The van der Waals surface area contributed by atoms with Gasteiger partial charge in [0.25, 0.3) is 0 Å². The first-order valence-corrected chi connectivity index (χ1v) is 6.98. The van der Waals surface area contributed by atoms with Gasteiger partial charge in [-0.2, -0.15) is 0 Å². The highest BCUT2D eigenvalue weighted by atomic mass is 16.6. The molecule has 0 aromatic heterocycles. The van der Waals surface area contributed by atoms with Crippen LogP contribution in [-0.4, -0.2) is 38.9 Å². The van der Waals surface area contributed by atoms with Crippen molar-refractivity contribution in [1.82, 2.24) is 0 Å². The van der Waals surface area contributed by atoms with Gasteiger partial charge in [-0.25, -0.2) is 9.59 Å². The van der Waals surface area contributed by atoms with Gasteiger partial charge < -0.3 is 14.2 Å². The molecule has 0 aliphatic carbocycles. The zero-order chi connectivity index (χ0) is 15.7. The Labute approximate surface area is 125 Å². The van der Waals surface area contributed by atoms with Crippen LogP contribution in [-0.2, 0) is 14.2 Å². The third-order valence-electron chi connectivity index (χ3n) is 2.82. The fraction of sp³-hybridized carbons (Fsp3) is 0.500.